The standard InChI is InChI=1S/C14H20N2O3/c1-10-7-12(17)8-13(16-10)14(18)15-5-2-3-11-4-6-19-9-11/h7-8,11H,2-6,9H2,1H3,(H,15,18)(H,16,17)/t11-/m0/s1. The van der Waals surface area contributed by atoms with E-state index in [1.54, 1.807) is 6.92 Å². The van der Waals surface area contributed by atoms with Crippen molar-refractivity contribution in [3.63, 3.8) is 0 Å². The van der Waals surface area contributed by atoms with Crippen LogP contribution in [0, 0.1) is 12.8 Å². The maximum atomic E-state index is 11.8. The van der Waals surface area contributed by atoms with E-state index in [2.05, 4.69) is 10.3 Å². The molecule has 2 heterocycles. The van der Waals surface area contributed by atoms with Crippen LogP contribution in [0.1, 0.15) is 35.4 Å². The first kappa shape index (κ1) is 13.8. The van der Waals surface area contributed by atoms with Crippen LogP contribution in [0.25, 0.3) is 0 Å². The van der Waals surface area contributed by atoms with Gasteiger partial charge in [-0.3, -0.25) is 9.59 Å². The molecule has 1 aliphatic rings. The third-order valence-corrected chi connectivity index (χ3v) is 3.32. The van der Waals surface area contributed by atoms with Crippen LogP contribution < -0.4 is 10.7 Å². The summed E-state index contributed by atoms with van der Waals surface area (Å²) in [6.07, 6.45) is 3.14. The molecule has 0 aliphatic carbocycles. The second-order valence-corrected chi connectivity index (χ2v) is 5.04. The number of pyridine rings is 1. The number of hydrogen-bond donors (Lipinski definition) is 2. The lowest BCUT2D eigenvalue weighted by molar-refractivity contribution is 0.0947. The van der Waals surface area contributed by atoms with Crippen molar-refractivity contribution in [3.8, 4) is 0 Å². The number of nitrogens with one attached hydrogen (secondary N) is 2. The summed E-state index contributed by atoms with van der Waals surface area (Å²) in [6.45, 7) is 4.10. The Balaban J connectivity index is 1.75. The summed E-state index contributed by atoms with van der Waals surface area (Å²) in [6, 6.07) is 2.80. The maximum Gasteiger partial charge on any atom is 0.267 e. The van der Waals surface area contributed by atoms with E-state index in [-0.39, 0.29) is 11.3 Å². The number of hydrogen-bond acceptors (Lipinski definition) is 3. The first-order valence-electron chi connectivity index (χ1n) is 6.72. The fraction of sp³-hybridized carbons (Fsp3) is 0.571. The molecule has 1 saturated heterocycles. The van der Waals surface area contributed by atoms with Crippen LogP contribution in [0.5, 0.6) is 0 Å². The molecular weight excluding hydrogens is 244 g/mol. The zero-order valence-electron chi connectivity index (χ0n) is 11.2. The number of ether oxygens (including phenoxy) is 1. The van der Waals surface area contributed by atoms with Gasteiger partial charge in [0.2, 0.25) is 0 Å². The van der Waals surface area contributed by atoms with E-state index in [1.165, 1.54) is 12.1 Å². The highest BCUT2D eigenvalue weighted by Crippen LogP contribution is 2.17. The van der Waals surface area contributed by atoms with Crippen molar-refractivity contribution in [1.29, 1.82) is 0 Å². The Morgan fingerprint density at radius 1 is 1.53 bits per heavy atom. The number of amides is 1. The SMILES string of the molecule is Cc1cc(=O)cc(C(=O)NCCC[C@H]2CCOC2)[nH]1. The molecule has 1 fully saturated rings. The molecule has 1 aromatic rings. The minimum Gasteiger partial charge on any atom is -0.381 e. The number of rotatable bonds is 5. The van der Waals surface area contributed by atoms with E-state index >= 15 is 0 Å². The first-order chi connectivity index (χ1) is 9.15. The van der Waals surface area contributed by atoms with Crippen molar-refractivity contribution in [1.82, 2.24) is 10.3 Å². The summed E-state index contributed by atoms with van der Waals surface area (Å²) < 4.78 is 5.30. The molecule has 2 rings (SSSR count). The van der Waals surface area contributed by atoms with Crippen molar-refractivity contribution >= 4 is 5.91 Å². The molecule has 1 aromatic heterocycles. The van der Waals surface area contributed by atoms with E-state index in [4.69, 9.17) is 4.74 Å². The predicted octanol–water partition coefficient (Wildman–Crippen LogP) is 1.23. The second-order valence-electron chi connectivity index (χ2n) is 5.04. The molecule has 1 aliphatic heterocycles. The quantitative estimate of drug-likeness (QED) is 0.786. The highest BCUT2D eigenvalue weighted by Gasteiger charge is 2.15. The number of H-pyrrole nitrogens is 1. The van der Waals surface area contributed by atoms with Crippen molar-refractivity contribution in [2.75, 3.05) is 19.8 Å². The van der Waals surface area contributed by atoms with Gasteiger partial charge in [-0.05, 0) is 32.1 Å². The highest BCUT2D eigenvalue weighted by molar-refractivity contribution is 5.92. The van der Waals surface area contributed by atoms with Crippen LogP contribution in [-0.4, -0.2) is 30.6 Å². The largest absolute Gasteiger partial charge is 0.381 e. The van der Waals surface area contributed by atoms with Crippen molar-refractivity contribution in [3.05, 3.63) is 33.7 Å². The topological polar surface area (TPSA) is 71.2 Å². The average molecular weight is 264 g/mol. The summed E-state index contributed by atoms with van der Waals surface area (Å²) in [7, 11) is 0. The lowest BCUT2D eigenvalue weighted by Gasteiger charge is -2.08. The Labute approximate surface area is 112 Å². The predicted molar refractivity (Wildman–Crippen MR) is 72.3 cm³/mol. The zero-order valence-corrected chi connectivity index (χ0v) is 11.2. The molecule has 19 heavy (non-hydrogen) atoms. The Kier molecular flexibility index (Phi) is 4.74. The molecule has 0 saturated carbocycles. The van der Waals surface area contributed by atoms with Crippen LogP contribution in [0.3, 0.4) is 0 Å². The summed E-state index contributed by atoms with van der Waals surface area (Å²) in [5.41, 5.74) is 0.874. The van der Waals surface area contributed by atoms with Crippen LogP contribution in [-0.2, 0) is 4.74 Å². The third kappa shape index (κ3) is 4.21. The molecule has 104 valence electrons. The number of aromatic nitrogens is 1. The summed E-state index contributed by atoms with van der Waals surface area (Å²) in [5, 5.41) is 2.83. The highest BCUT2D eigenvalue weighted by atomic mass is 16.5. The van der Waals surface area contributed by atoms with Gasteiger partial charge in [0.1, 0.15) is 5.69 Å². The van der Waals surface area contributed by atoms with Gasteiger partial charge in [-0.25, -0.2) is 0 Å². The molecular formula is C14H20N2O3. The Morgan fingerprint density at radius 2 is 2.37 bits per heavy atom. The molecule has 5 nitrogen and oxygen atoms in total. The Morgan fingerprint density at radius 3 is 3.05 bits per heavy atom. The maximum absolute atomic E-state index is 11.8. The number of carbonyl (C=O) groups is 1. The fourth-order valence-corrected chi connectivity index (χ4v) is 2.30. The van der Waals surface area contributed by atoms with Gasteiger partial charge >= 0.3 is 0 Å². The molecule has 1 amide bonds. The lowest BCUT2D eigenvalue weighted by atomic mass is 10.0. The van der Waals surface area contributed by atoms with Crippen molar-refractivity contribution in [2.45, 2.75) is 26.2 Å². The normalized spacial score (nSPS) is 18.5. The smallest absolute Gasteiger partial charge is 0.267 e. The molecule has 0 radical (unpaired) electrons. The van der Waals surface area contributed by atoms with Crippen LogP contribution >= 0.6 is 0 Å². The van der Waals surface area contributed by atoms with Gasteiger partial charge in [-0.1, -0.05) is 0 Å². The van der Waals surface area contributed by atoms with Gasteiger partial charge in [0.05, 0.1) is 0 Å². The van der Waals surface area contributed by atoms with Crippen LogP contribution in [0.4, 0.5) is 0 Å². The fourth-order valence-electron chi connectivity index (χ4n) is 2.30. The summed E-state index contributed by atoms with van der Waals surface area (Å²) >= 11 is 0. The third-order valence-electron chi connectivity index (χ3n) is 3.32. The monoisotopic (exact) mass is 264 g/mol. The van der Waals surface area contributed by atoms with E-state index in [0.717, 1.165) is 32.5 Å². The van der Waals surface area contributed by atoms with Gasteiger partial charge in [-0.15, -0.1) is 0 Å². The van der Waals surface area contributed by atoms with Crippen molar-refractivity contribution < 1.29 is 9.53 Å². The molecule has 0 bridgehead atoms. The molecule has 0 aromatic carbocycles. The lowest BCUT2D eigenvalue weighted by Crippen LogP contribution is -2.27. The molecule has 2 N–H and O–H groups in total. The van der Waals surface area contributed by atoms with E-state index < -0.39 is 0 Å². The second kappa shape index (κ2) is 6.52. The Bertz CT molecular complexity index is 490. The minimum atomic E-state index is -0.219. The number of aryl methyl sites for hydroxylation is 1. The number of aromatic amines is 1. The molecule has 0 spiro atoms. The van der Waals surface area contributed by atoms with Crippen LogP contribution in [0.15, 0.2) is 16.9 Å². The first-order valence-corrected chi connectivity index (χ1v) is 6.72. The van der Waals surface area contributed by atoms with E-state index in [1.807, 2.05) is 0 Å². The zero-order chi connectivity index (χ0) is 13.7. The summed E-state index contributed by atoms with van der Waals surface area (Å²) in [4.78, 5) is 26.0. The van der Waals surface area contributed by atoms with Gasteiger partial charge in [-0.2, -0.15) is 0 Å². The average Bonchev–Trinajstić information content (AvgIpc) is 2.86. The minimum absolute atomic E-state index is 0.149. The number of carbonyl (C=O) groups excluding carboxylic acids is 1. The summed E-state index contributed by atoms with van der Waals surface area (Å²) in [5.74, 6) is 0.416. The van der Waals surface area contributed by atoms with Gasteiger partial charge in [0.15, 0.2) is 5.43 Å². The van der Waals surface area contributed by atoms with Gasteiger partial charge in [0.25, 0.3) is 5.91 Å². The van der Waals surface area contributed by atoms with Crippen LogP contribution in [0.2, 0.25) is 0 Å². The van der Waals surface area contributed by atoms with E-state index in [0.29, 0.717) is 23.9 Å². The van der Waals surface area contributed by atoms with E-state index in [9.17, 15) is 9.59 Å². The Hall–Kier alpha value is -1.62. The molecule has 1 atom stereocenters. The molecule has 0 unspecified atom stereocenters. The van der Waals surface area contributed by atoms with Gasteiger partial charge in [0, 0.05) is 37.6 Å². The molecule has 5 heteroatoms. The van der Waals surface area contributed by atoms with Gasteiger partial charge < -0.3 is 15.0 Å². The van der Waals surface area contributed by atoms with Crippen molar-refractivity contribution in [2.24, 2.45) is 5.92 Å².